The smallest absolute Gasteiger partial charge is 0.241 e. The summed E-state index contributed by atoms with van der Waals surface area (Å²) < 4.78 is 10.8. The fourth-order valence-corrected chi connectivity index (χ4v) is 3.65. The third kappa shape index (κ3) is 4.57. The lowest BCUT2D eigenvalue weighted by Gasteiger charge is -2.35. The van der Waals surface area contributed by atoms with Gasteiger partial charge in [0.1, 0.15) is 0 Å². The van der Waals surface area contributed by atoms with E-state index in [1.807, 2.05) is 36.1 Å². The van der Waals surface area contributed by atoms with Gasteiger partial charge in [-0.15, -0.1) is 0 Å². The summed E-state index contributed by atoms with van der Waals surface area (Å²) in [6, 6.07) is 8.04. The molecule has 4 rings (SSSR count). The molecule has 1 aromatic carbocycles. The molecule has 2 saturated heterocycles. The fourth-order valence-electron chi connectivity index (χ4n) is 3.65. The van der Waals surface area contributed by atoms with Gasteiger partial charge in [-0.25, -0.2) is 0 Å². The predicted molar refractivity (Wildman–Crippen MR) is 104 cm³/mol. The average Bonchev–Trinajstić information content (AvgIpc) is 3.18. The summed E-state index contributed by atoms with van der Waals surface area (Å²) in [5.74, 6) is 1.48. The van der Waals surface area contributed by atoms with Crippen LogP contribution in [0.15, 0.2) is 28.8 Å². The van der Waals surface area contributed by atoms with Crippen molar-refractivity contribution in [2.45, 2.75) is 13.5 Å². The molecule has 0 radical (unpaired) electrons. The highest BCUT2D eigenvalue weighted by molar-refractivity contribution is 5.78. The van der Waals surface area contributed by atoms with E-state index in [2.05, 4.69) is 19.9 Å². The molecule has 0 spiro atoms. The molecule has 8 nitrogen and oxygen atoms in total. The average molecular weight is 385 g/mol. The second-order valence-corrected chi connectivity index (χ2v) is 7.37. The highest BCUT2D eigenvalue weighted by atomic mass is 16.5. The Morgan fingerprint density at radius 3 is 2.50 bits per heavy atom. The zero-order valence-corrected chi connectivity index (χ0v) is 16.3. The van der Waals surface area contributed by atoms with Crippen LogP contribution in [-0.2, 0) is 16.1 Å². The number of piperazine rings is 1. The molecule has 8 heteroatoms. The van der Waals surface area contributed by atoms with Crippen molar-refractivity contribution in [3.05, 3.63) is 35.7 Å². The lowest BCUT2D eigenvalue weighted by molar-refractivity contribution is -0.136. The van der Waals surface area contributed by atoms with Gasteiger partial charge in [0.25, 0.3) is 0 Å². The van der Waals surface area contributed by atoms with Crippen molar-refractivity contribution >= 4 is 5.91 Å². The Bertz CT molecular complexity index is 795. The zero-order chi connectivity index (χ0) is 19.3. The molecule has 0 bridgehead atoms. The van der Waals surface area contributed by atoms with Gasteiger partial charge in [0.05, 0.1) is 26.3 Å². The second kappa shape index (κ2) is 8.81. The van der Waals surface area contributed by atoms with Crippen LogP contribution in [0.4, 0.5) is 0 Å². The van der Waals surface area contributed by atoms with Crippen LogP contribution in [0.1, 0.15) is 11.5 Å². The molecule has 0 unspecified atom stereocenters. The first-order valence-corrected chi connectivity index (χ1v) is 9.88. The number of aryl methyl sites for hydroxylation is 1. The fraction of sp³-hybridized carbons (Fsp3) is 0.550. The largest absolute Gasteiger partial charge is 0.378 e. The molecule has 1 amide bonds. The number of nitrogens with zero attached hydrogens (tertiary/aromatic N) is 5. The van der Waals surface area contributed by atoms with Crippen LogP contribution < -0.4 is 0 Å². The highest BCUT2D eigenvalue weighted by Crippen LogP contribution is 2.20. The van der Waals surface area contributed by atoms with E-state index in [4.69, 9.17) is 9.26 Å². The van der Waals surface area contributed by atoms with E-state index in [0.717, 1.165) is 37.3 Å². The van der Waals surface area contributed by atoms with E-state index in [1.54, 1.807) is 0 Å². The van der Waals surface area contributed by atoms with E-state index < -0.39 is 0 Å². The second-order valence-electron chi connectivity index (χ2n) is 7.37. The number of morpholine rings is 1. The van der Waals surface area contributed by atoms with Gasteiger partial charge in [-0.2, -0.15) is 4.98 Å². The normalized spacial score (nSPS) is 19.1. The van der Waals surface area contributed by atoms with E-state index in [-0.39, 0.29) is 5.91 Å². The van der Waals surface area contributed by atoms with Crippen LogP contribution in [0.2, 0.25) is 0 Å². The van der Waals surface area contributed by atoms with Crippen molar-refractivity contribution < 1.29 is 14.1 Å². The summed E-state index contributed by atoms with van der Waals surface area (Å²) in [5.41, 5.74) is 2.14. The Morgan fingerprint density at radius 2 is 1.75 bits per heavy atom. The standard InChI is InChI=1S/C20H27N5O3/c1-16-4-2-3-5-17(16)20-21-18(28-22-20)14-23-6-8-24(9-7-23)15-19(26)25-10-12-27-13-11-25/h2-5H,6-15H2,1H3. The van der Waals surface area contributed by atoms with Gasteiger partial charge in [0.2, 0.25) is 17.6 Å². The van der Waals surface area contributed by atoms with Crippen LogP contribution in [-0.4, -0.2) is 89.8 Å². The van der Waals surface area contributed by atoms with E-state index in [0.29, 0.717) is 51.1 Å². The molecule has 2 fully saturated rings. The van der Waals surface area contributed by atoms with Crippen LogP contribution in [0.5, 0.6) is 0 Å². The number of aromatic nitrogens is 2. The molecule has 150 valence electrons. The van der Waals surface area contributed by atoms with Crippen molar-refractivity contribution in [3.63, 3.8) is 0 Å². The number of rotatable bonds is 5. The van der Waals surface area contributed by atoms with Crippen LogP contribution >= 0.6 is 0 Å². The minimum atomic E-state index is 0.205. The number of carbonyl (C=O) groups is 1. The van der Waals surface area contributed by atoms with Gasteiger partial charge in [-0.3, -0.25) is 14.6 Å². The monoisotopic (exact) mass is 385 g/mol. The Morgan fingerprint density at radius 1 is 1.04 bits per heavy atom. The molecule has 2 aromatic rings. The van der Waals surface area contributed by atoms with E-state index >= 15 is 0 Å². The van der Waals surface area contributed by atoms with Crippen LogP contribution in [0.3, 0.4) is 0 Å². The number of hydrogen-bond acceptors (Lipinski definition) is 7. The minimum Gasteiger partial charge on any atom is -0.378 e. The summed E-state index contributed by atoms with van der Waals surface area (Å²) >= 11 is 0. The van der Waals surface area contributed by atoms with Gasteiger partial charge in [0.15, 0.2) is 0 Å². The number of benzene rings is 1. The predicted octanol–water partition coefficient (Wildman–Crippen LogP) is 1.02. The quantitative estimate of drug-likeness (QED) is 0.761. The van der Waals surface area contributed by atoms with Crippen molar-refractivity contribution in [1.82, 2.24) is 24.8 Å². The molecule has 0 aliphatic carbocycles. The minimum absolute atomic E-state index is 0.205. The Balaban J connectivity index is 1.26. The topological polar surface area (TPSA) is 74.9 Å². The Hall–Kier alpha value is -2.29. The maximum atomic E-state index is 12.4. The summed E-state index contributed by atoms with van der Waals surface area (Å²) in [6.07, 6.45) is 0. The van der Waals surface area contributed by atoms with Gasteiger partial charge in [-0.1, -0.05) is 29.4 Å². The summed E-state index contributed by atoms with van der Waals surface area (Å²) in [4.78, 5) is 23.4. The number of ether oxygens (including phenoxy) is 1. The molecule has 0 N–H and O–H groups in total. The molecule has 1 aromatic heterocycles. The number of hydrogen-bond donors (Lipinski definition) is 0. The van der Waals surface area contributed by atoms with Crippen molar-refractivity contribution in [2.75, 3.05) is 59.0 Å². The first kappa shape index (κ1) is 19.0. The molecular weight excluding hydrogens is 358 g/mol. The zero-order valence-electron chi connectivity index (χ0n) is 16.3. The molecule has 2 aliphatic rings. The Kier molecular flexibility index (Phi) is 5.99. The van der Waals surface area contributed by atoms with Gasteiger partial charge < -0.3 is 14.2 Å². The number of amides is 1. The van der Waals surface area contributed by atoms with E-state index in [9.17, 15) is 4.79 Å². The number of carbonyl (C=O) groups excluding carboxylic acids is 1. The summed E-state index contributed by atoms with van der Waals surface area (Å²) in [5, 5.41) is 4.14. The molecule has 3 heterocycles. The third-order valence-electron chi connectivity index (χ3n) is 5.40. The summed E-state index contributed by atoms with van der Waals surface area (Å²) in [6.45, 7) is 9.40. The van der Waals surface area contributed by atoms with Crippen LogP contribution in [0.25, 0.3) is 11.4 Å². The van der Waals surface area contributed by atoms with E-state index in [1.165, 1.54) is 0 Å². The Labute approximate surface area is 165 Å². The third-order valence-corrected chi connectivity index (χ3v) is 5.40. The SMILES string of the molecule is Cc1ccccc1-c1noc(CN2CCN(CC(=O)N3CCOCC3)CC2)n1. The molecule has 2 aliphatic heterocycles. The van der Waals surface area contributed by atoms with Crippen molar-refractivity contribution in [3.8, 4) is 11.4 Å². The van der Waals surface area contributed by atoms with Crippen molar-refractivity contribution in [1.29, 1.82) is 0 Å². The van der Waals surface area contributed by atoms with Crippen LogP contribution in [0, 0.1) is 6.92 Å². The first-order chi connectivity index (χ1) is 13.7. The van der Waals surface area contributed by atoms with Gasteiger partial charge >= 0.3 is 0 Å². The van der Waals surface area contributed by atoms with Crippen molar-refractivity contribution in [2.24, 2.45) is 0 Å². The molecular formula is C20H27N5O3. The van der Waals surface area contributed by atoms with Gasteiger partial charge in [0, 0.05) is 44.8 Å². The summed E-state index contributed by atoms with van der Waals surface area (Å²) in [7, 11) is 0. The maximum Gasteiger partial charge on any atom is 0.241 e. The molecule has 0 atom stereocenters. The lowest BCUT2D eigenvalue weighted by Crippen LogP contribution is -2.51. The lowest BCUT2D eigenvalue weighted by atomic mass is 10.1. The first-order valence-electron chi connectivity index (χ1n) is 9.88. The van der Waals surface area contributed by atoms with Gasteiger partial charge in [-0.05, 0) is 12.5 Å². The molecule has 0 saturated carbocycles. The molecule has 28 heavy (non-hydrogen) atoms. The highest BCUT2D eigenvalue weighted by Gasteiger charge is 2.24. The maximum absolute atomic E-state index is 12.4.